The minimum absolute atomic E-state index is 0.0926. The zero-order valence-electron chi connectivity index (χ0n) is 10.3. The normalized spacial score (nSPS) is 10.1. The van der Waals surface area contributed by atoms with Gasteiger partial charge in [-0.05, 0) is 23.2 Å². The number of nitro benzene ring substituents is 2. The number of non-ortho nitro benzene ring substituents is 1. The number of ether oxygens (including phenoxy) is 1. The first-order chi connectivity index (χ1) is 9.97. The molecule has 0 saturated carbocycles. The zero-order chi connectivity index (χ0) is 15.4. The molecule has 21 heavy (non-hydrogen) atoms. The van der Waals surface area contributed by atoms with Gasteiger partial charge >= 0.3 is 11.7 Å². The Labute approximate surface area is 121 Å². The van der Waals surface area contributed by atoms with E-state index >= 15 is 0 Å². The maximum Gasteiger partial charge on any atom is 0.318 e. The summed E-state index contributed by atoms with van der Waals surface area (Å²) < 4.78 is 8.70. The Balaban J connectivity index is 2.21. The number of hydrogen-bond donors (Lipinski definition) is 0. The summed E-state index contributed by atoms with van der Waals surface area (Å²) in [6, 6.07) is 2.80. The third-order valence-corrected chi connectivity index (χ3v) is 3.04. The van der Waals surface area contributed by atoms with Crippen LogP contribution in [0.3, 0.4) is 0 Å². The SMILES string of the molecule is O=C(Cc1cnsc1)Oc1ccc([N+](=O)[O-])cc1[N+](=O)[O-]. The van der Waals surface area contributed by atoms with Crippen LogP contribution in [0.5, 0.6) is 5.75 Å². The molecule has 0 aliphatic heterocycles. The highest BCUT2D eigenvalue weighted by Crippen LogP contribution is 2.31. The molecule has 0 spiro atoms. The molecule has 2 aromatic rings. The Hall–Kier alpha value is -2.88. The Kier molecular flexibility index (Phi) is 4.18. The van der Waals surface area contributed by atoms with E-state index in [2.05, 4.69) is 4.37 Å². The molecule has 1 aromatic heterocycles. The summed E-state index contributed by atoms with van der Waals surface area (Å²) in [6.45, 7) is 0. The van der Waals surface area contributed by atoms with Gasteiger partial charge in [-0.3, -0.25) is 25.0 Å². The predicted octanol–water partition coefficient (Wildman–Crippen LogP) is 2.11. The van der Waals surface area contributed by atoms with Crippen LogP contribution in [0.4, 0.5) is 11.4 Å². The van der Waals surface area contributed by atoms with E-state index in [1.54, 1.807) is 5.38 Å². The van der Waals surface area contributed by atoms with Crippen LogP contribution in [0.25, 0.3) is 0 Å². The number of nitrogens with zero attached hydrogens (tertiary/aromatic N) is 3. The lowest BCUT2D eigenvalue weighted by Crippen LogP contribution is -2.12. The lowest BCUT2D eigenvalue weighted by atomic mass is 10.2. The van der Waals surface area contributed by atoms with Gasteiger partial charge in [0, 0.05) is 17.6 Å². The van der Waals surface area contributed by atoms with E-state index in [0.29, 0.717) is 5.56 Å². The highest BCUT2D eigenvalue weighted by molar-refractivity contribution is 7.03. The third-order valence-electron chi connectivity index (χ3n) is 2.41. The van der Waals surface area contributed by atoms with Gasteiger partial charge in [0.2, 0.25) is 5.75 Å². The van der Waals surface area contributed by atoms with Crippen molar-refractivity contribution in [2.45, 2.75) is 6.42 Å². The Morgan fingerprint density at radius 1 is 1.29 bits per heavy atom. The quantitative estimate of drug-likeness (QED) is 0.358. The molecule has 0 unspecified atom stereocenters. The second-order valence-corrected chi connectivity index (χ2v) is 4.51. The average Bonchev–Trinajstić information content (AvgIpc) is 2.91. The van der Waals surface area contributed by atoms with Gasteiger partial charge in [-0.1, -0.05) is 0 Å². The Morgan fingerprint density at radius 3 is 2.62 bits per heavy atom. The third kappa shape index (κ3) is 3.57. The number of rotatable bonds is 5. The monoisotopic (exact) mass is 309 g/mol. The Bertz CT molecular complexity index is 700. The van der Waals surface area contributed by atoms with Crippen molar-refractivity contribution in [3.63, 3.8) is 0 Å². The van der Waals surface area contributed by atoms with E-state index in [4.69, 9.17) is 4.74 Å². The topological polar surface area (TPSA) is 125 Å². The van der Waals surface area contributed by atoms with E-state index in [9.17, 15) is 25.0 Å². The maximum atomic E-state index is 11.7. The first kappa shape index (κ1) is 14.5. The summed E-state index contributed by atoms with van der Waals surface area (Å²) in [6.07, 6.45) is 1.39. The smallest absolute Gasteiger partial charge is 0.318 e. The molecule has 0 saturated heterocycles. The minimum Gasteiger partial charge on any atom is -0.419 e. The van der Waals surface area contributed by atoms with Gasteiger partial charge in [-0.25, -0.2) is 4.37 Å². The fourth-order valence-electron chi connectivity index (χ4n) is 1.49. The van der Waals surface area contributed by atoms with Crippen molar-refractivity contribution in [3.05, 3.63) is 55.6 Å². The molecule has 0 bridgehead atoms. The van der Waals surface area contributed by atoms with Gasteiger partial charge in [0.25, 0.3) is 5.69 Å². The van der Waals surface area contributed by atoms with E-state index in [-0.39, 0.29) is 12.2 Å². The van der Waals surface area contributed by atoms with Gasteiger partial charge in [0.05, 0.1) is 22.3 Å². The van der Waals surface area contributed by atoms with Crippen molar-refractivity contribution < 1.29 is 19.4 Å². The molecule has 9 nitrogen and oxygen atoms in total. The van der Waals surface area contributed by atoms with Crippen molar-refractivity contribution in [3.8, 4) is 5.75 Å². The molecule has 0 radical (unpaired) electrons. The van der Waals surface area contributed by atoms with Crippen LogP contribution in [0.1, 0.15) is 5.56 Å². The van der Waals surface area contributed by atoms with E-state index in [1.165, 1.54) is 6.20 Å². The molecule has 0 amide bonds. The van der Waals surface area contributed by atoms with Crippen molar-refractivity contribution in [1.82, 2.24) is 4.37 Å². The number of aromatic nitrogens is 1. The first-order valence-electron chi connectivity index (χ1n) is 5.49. The largest absolute Gasteiger partial charge is 0.419 e. The molecule has 0 N–H and O–H groups in total. The van der Waals surface area contributed by atoms with E-state index in [1.807, 2.05) is 0 Å². The fourth-order valence-corrected chi connectivity index (χ4v) is 2.02. The van der Waals surface area contributed by atoms with E-state index in [0.717, 1.165) is 29.7 Å². The number of carbonyl (C=O) groups excluding carboxylic acids is 1. The van der Waals surface area contributed by atoms with Gasteiger partial charge in [0.1, 0.15) is 0 Å². The maximum absolute atomic E-state index is 11.7. The lowest BCUT2D eigenvalue weighted by molar-refractivity contribution is -0.394. The molecular weight excluding hydrogens is 302 g/mol. The van der Waals surface area contributed by atoms with Gasteiger partial charge < -0.3 is 4.74 Å². The highest BCUT2D eigenvalue weighted by atomic mass is 32.1. The fraction of sp³-hybridized carbons (Fsp3) is 0.0909. The lowest BCUT2D eigenvalue weighted by Gasteiger charge is -2.04. The van der Waals surface area contributed by atoms with E-state index < -0.39 is 27.2 Å². The van der Waals surface area contributed by atoms with Crippen molar-refractivity contribution >= 4 is 28.9 Å². The van der Waals surface area contributed by atoms with Crippen LogP contribution in [-0.4, -0.2) is 20.2 Å². The molecule has 0 aliphatic carbocycles. The summed E-state index contributed by atoms with van der Waals surface area (Å²) in [4.78, 5) is 31.5. The van der Waals surface area contributed by atoms with Crippen LogP contribution in [0, 0.1) is 20.2 Å². The summed E-state index contributed by atoms with van der Waals surface area (Å²) in [5.74, 6) is -1.05. The van der Waals surface area contributed by atoms with Crippen LogP contribution in [-0.2, 0) is 11.2 Å². The Morgan fingerprint density at radius 2 is 2.05 bits per heavy atom. The number of esters is 1. The molecule has 108 valence electrons. The average molecular weight is 309 g/mol. The first-order valence-corrected chi connectivity index (χ1v) is 6.33. The van der Waals surface area contributed by atoms with Crippen LogP contribution >= 0.6 is 11.5 Å². The summed E-state index contributed by atoms with van der Waals surface area (Å²) in [7, 11) is 0. The van der Waals surface area contributed by atoms with Gasteiger partial charge in [-0.2, -0.15) is 0 Å². The molecule has 10 heteroatoms. The molecule has 2 rings (SSSR count). The highest BCUT2D eigenvalue weighted by Gasteiger charge is 2.22. The number of nitro groups is 2. The number of benzene rings is 1. The molecule has 1 aromatic carbocycles. The summed E-state index contributed by atoms with van der Waals surface area (Å²) in [5, 5.41) is 23.1. The molecule has 0 atom stereocenters. The van der Waals surface area contributed by atoms with Gasteiger partial charge in [0.15, 0.2) is 0 Å². The second kappa shape index (κ2) is 6.05. The van der Waals surface area contributed by atoms with Crippen molar-refractivity contribution in [1.29, 1.82) is 0 Å². The molecular formula is C11H7N3O6S. The van der Waals surface area contributed by atoms with Crippen molar-refractivity contribution in [2.24, 2.45) is 0 Å². The molecule has 0 aliphatic rings. The zero-order valence-corrected chi connectivity index (χ0v) is 11.1. The molecule has 1 heterocycles. The van der Waals surface area contributed by atoms with Gasteiger partial charge in [-0.15, -0.1) is 0 Å². The van der Waals surface area contributed by atoms with Crippen LogP contribution < -0.4 is 4.74 Å². The standard InChI is InChI=1S/C11H7N3O6S/c15-11(3-7-5-12-21-6-7)20-10-2-1-8(13(16)17)4-9(10)14(18)19/h1-2,4-6H,3H2. The second-order valence-electron chi connectivity index (χ2n) is 3.85. The molecule has 0 fully saturated rings. The summed E-state index contributed by atoms with van der Waals surface area (Å²) in [5.41, 5.74) is -0.473. The summed E-state index contributed by atoms with van der Waals surface area (Å²) >= 11 is 1.16. The predicted molar refractivity (Wildman–Crippen MR) is 71.2 cm³/mol. The number of carbonyl (C=O) groups is 1. The van der Waals surface area contributed by atoms with Crippen LogP contribution in [0.2, 0.25) is 0 Å². The minimum atomic E-state index is -0.845. The van der Waals surface area contributed by atoms with Crippen molar-refractivity contribution in [2.75, 3.05) is 0 Å². The van der Waals surface area contributed by atoms with Crippen LogP contribution in [0.15, 0.2) is 29.8 Å². The number of hydrogen-bond acceptors (Lipinski definition) is 8.